The van der Waals surface area contributed by atoms with Crippen LogP contribution in [0.2, 0.25) is 0 Å². The quantitative estimate of drug-likeness (QED) is 0.834. The molecule has 18 heavy (non-hydrogen) atoms. The van der Waals surface area contributed by atoms with Crippen molar-refractivity contribution in [1.29, 1.82) is 0 Å². The largest absolute Gasteiger partial charge is 0.438 e. The van der Waals surface area contributed by atoms with E-state index in [-0.39, 0.29) is 0 Å². The molecule has 0 bridgehead atoms. The summed E-state index contributed by atoms with van der Waals surface area (Å²) in [5.74, 6) is 1.05. The van der Waals surface area contributed by atoms with Crippen LogP contribution < -0.4 is 4.74 Å². The molecule has 2 rings (SSSR count). The molecule has 1 aromatic heterocycles. The summed E-state index contributed by atoms with van der Waals surface area (Å²) in [4.78, 5) is 6.89. The van der Waals surface area contributed by atoms with E-state index >= 15 is 0 Å². The number of ether oxygens (including phenoxy) is 1. The van der Waals surface area contributed by atoms with Crippen LogP contribution in [0.1, 0.15) is 19.4 Å². The molecule has 0 spiro atoms. The third kappa shape index (κ3) is 3.15. The molecular formula is C13H14N2O2S. The highest BCUT2D eigenvalue weighted by molar-refractivity contribution is 7.71. The van der Waals surface area contributed by atoms with Gasteiger partial charge in [0.2, 0.25) is 5.88 Å². The van der Waals surface area contributed by atoms with Crippen LogP contribution >= 0.6 is 12.2 Å². The Morgan fingerprint density at radius 2 is 2.17 bits per heavy atom. The van der Waals surface area contributed by atoms with Crippen LogP contribution in [0.3, 0.4) is 0 Å². The van der Waals surface area contributed by atoms with Gasteiger partial charge in [0.1, 0.15) is 10.4 Å². The van der Waals surface area contributed by atoms with Crippen LogP contribution in [0.5, 0.6) is 11.6 Å². The summed E-state index contributed by atoms with van der Waals surface area (Å²) >= 11 is 4.90. The molecule has 0 radical (unpaired) electrons. The van der Waals surface area contributed by atoms with E-state index in [1.807, 2.05) is 12.1 Å². The minimum absolute atomic E-state index is 0.427. The fourth-order valence-corrected chi connectivity index (χ4v) is 1.56. The Morgan fingerprint density at radius 3 is 2.78 bits per heavy atom. The smallest absolute Gasteiger partial charge is 0.235 e. The van der Waals surface area contributed by atoms with Crippen LogP contribution in [0.15, 0.2) is 36.7 Å². The number of hydrogen-bond donors (Lipinski definition) is 2. The zero-order valence-electron chi connectivity index (χ0n) is 10.2. The van der Waals surface area contributed by atoms with Crippen molar-refractivity contribution in [3.63, 3.8) is 0 Å². The molecule has 94 valence electrons. The highest BCUT2D eigenvalue weighted by Gasteiger charge is 2.16. The molecule has 0 atom stereocenters. The lowest BCUT2D eigenvalue weighted by Crippen LogP contribution is -2.15. The second-order valence-corrected chi connectivity index (χ2v) is 4.88. The number of nitrogens with one attached hydrogen (secondary N) is 1. The number of rotatable bonds is 3. The molecule has 2 aromatic rings. The lowest BCUT2D eigenvalue weighted by Gasteiger charge is -2.18. The molecule has 0 saturated heterocycles. The van der Waals surface area contributed by atoms with Gasteiger partial charge in [0.25, 0.3) is 0 Å². The maximum atomic E-state index is 9.92. The van der Waals surface area contributed by atoms with Crippen LogP contribution in [0.4, 0.5) is 0 Å². The molecule has 0 amide bonds. The van der Waals surface area contributed by atoms with Crippen LogP contribution in [0.25, 0.3) is 0 Å². The fraction of sp³-hybridized carbons (Fsp3) is 0.231. The number of nitrogens with zero attached hydrogens (tertiary/aromatic N) is 1. The first-order valence-corrected chi connectivity index (χ1v) is 5.91. The summed E-state index contributed by atoms with van der Waals surface area (Å²) in [6.07, 6.45) is 3.11. The molecule has 2 N–H and O–H groups in total. The Morgan fingerprint density at radius 1 is 1.39 bits per heavy atom. The Kier molecular flexibility index (Phi) is 3.45. The second-order valence-electron chi connectivity index (χ2n) is 4.44. The van der Waals surface area contributed by atoms with Crippen LogP contribution in [-0.4, -0.2) is 15.1 Å². The van der Waals surface area contributed by atoms with Gasteiger partial charge in [0.15, 0.2) is 0 Å². The zero-order valence-corrected chi connectivity index (χ0v) is 11.0. The minimum Gasteiger partial charge on any atom is -0.438 e. The predicted molar refractivity (Wildman–Crippen MR) is 71.2 cm³/mol. The minimum atomic E-state index is -0.899. The van der Waals surface area contributed by atoms with Gasteiger partial charge in [-0.3, -0.25) is 0 Å². The van der Waals surface area contributed by atoms with E-state index in [2.05, 4.69) is 9.97 Å². The fourth-order valence-electron chi connectivity index (χ4n) is 1.45. The van der Waals surface area contributed by atoms with Gasteiger partial charge in [-0.1, -0.05) is 24.4 Å². The van der Waals surface area contributed by atoms with E-state index in [0.29, 0.717) is 16.3 Å². The Hall–Kier alpha value is -1.72. The first-order valence-electron chi connectivity index (χ1n) is 5.51. The summed E-state index contributed by atoms with van der Waals surface area (Å²) in [6.45, 7) is 3.45. The SMILES string of the molecule is CC(C)(O)c1cccc(Oc2c[nH]c(=S)cn2)c1. The van der Waals surface area contributed by atoms with Gasteiger partial charge in [-0.25, -0.2) is 4.98 Å². The lowest BCUT2D eigenvalue weighted by molar-refractivity contribution is 0.0784. The summed E-state index contributed by atoms with van der Waals surface area (Å²) in [5.41, 5.74) is -0.118. The predicted octanol–water partition coefficient (Wildman–Crippen LogP) is 3.16. The van der Waals surface area contributed by atoms with E-state index in [4.69, 9.17) is 17.0 Å². The van der Waals surface area contributed by atoms with Crippen molar-refractivity contribution < 1.29 is 9.84 Å². The van der Waals surface area contributed by atoms with E-state index in [9.17, 15) is 5.11 Å². The van der Waals surface area contributed by atoms with Gasteiger partial charge in [-0.05, 0) is 31.5 Å². The maximum absolute atomic E-state index is 9.92. The third-order valence-corrected chi connectivity index (χ3v) is 2.63. The summed E-state index contributed by atoms with van der Waals surface area (Å²) < 4.78 is 6.12. The molecule has 0 fully saturated rings. The van der Waals surface area contributed by atoms with E-state index < -0.39 is 5.60 Å². The maximum Gasteiger partial charge on any atom is 0.235 e. The highest BCUT2D eigenvalue weighted by atomic mass is 32.1. The van der Waals surface area contributed by atoms with Gasteiger partial charge in [0.05, 0.1) is 18.0 Å². The van der Waals surface area contributed by atoms with Crippen molar-refractivity contribution in [2.75, 3.05) is 0 Å². The molecular weight excluding hydrogens is 248 g/mol. The lowest BCUT2D eigenvalue weighted by atomic mass is 9.98. The second kappa shape index (κ2) is 4.88. The summed E-state index contributed by atoms with van der Waals surface area (Å²) in [6, 6.07) is 7.26. The van der Waals surface area contributed by atoms with Gasteiger partial charge in [-0.2, -0.15) is 0 Å². The molecule has 5 heteroatoms. The van der Waals surface area contributed by atoms with Crippen molar-refractivity contribution in [3.05, 3.63) is 46.9 Å². The summed E-state index contributed by atoms with van der Waals surface area (Å²) in [5, 5.41) is 9.92. The Bertz CT molecular complexity index is 582. The molecule has 0 aliphatic carbocycles. The molecule has 0 aliphatic heterocycles. The van der Waals surface area contributed by atoms with Gasteiger partial charge >= 0.3 is 0 Å². The van der Waals surface area contributed by atoms with E-state index in [1.165, 1.54) is 6.20 Å². The number of hydrogen-bond acceptors (Lipinski definition) is 4. The van der Waals surface area contributed by atoms with Crippen LogP contribution in [-0.2, 0) is 5.60 Å². The average Bonchev–Trinajstić information content (AvgIpc) is 2.31. The number of aromatic nitrogens is 2. The van der Waals surface area contributed by atoms with Gasteiger partial charge in [0, 0.05) is 0 Å². The third-order valence-electron chi connectivity index (χ3n) is 2.41. The highest BCUT2D eigenvalue weighted by Crippen LogP contribution is 2.25. The van der Waals surface area contributed by atoms with Gasteiger partial charge in [-0.15, -0.1) is 0 Å². The van der Waals surface area contributed by atoms with Crippen molar-refractivity contribution in [2.24, 2.45) is 0 Å². The standard InChI is InChI=1S/C13H14N2O2S/c1-13(2,16)9-4-3-5-10(6-9)17-11-7-15-12(18)8-14-11/h3-8,16H,1-2H3,(H,15,18). The van der Waals surface area contributed by atoms with Crippen LogP contribution in [0, 0.1) is 4.64 Å². The normalized spacial score (nSPS) is 11.3. The summed E-state index contributed by atoms with van der Waals surface area (Å²) in [7, 11) is 0. The number of H-pyrrole nitrogens is 1. The average molecular weight is 262 g/mol. The van der Waals surface area contributed by atoms with E-state index in [0.717, 1.165) is 5.56 Å². The number of benzene rings is 1. The molecule has 1 heterocycles. The van der Waals surface area contributed by atoms with Gasteiger partial charge < -0.3 is 14.8 Å². The molecule has 4 nitrogen and oxygen atoms in total. The van der Waals surface area contributed by atoms with Crippen molar-refractivity contribution >= 4 is 12.2 Å². The zero-order chi connectivity index (χ0) is 13.2. The number of aliphatic hydroxyl groups is 1. The van der Waals surface area contributed by atoms with Crippen molar-refractivity contribution in [1.82, 2.24) is 9.97 Å². The number of aromatic amines is 1. The van der Waals surface area contributed by atoms with Crippen molar-refractivity contribution in [3.8, 4) is 11.6 Å². The molecule has 1 aromatic carbocycles. The molecule has 0 unspecified atom stereocenters. The first-order chi connectivity index (χ1) is 8.45. The first kappa shape index (κ1) is 12.7. The molecule has 0 saturated carbocycles. The van der Waals surface area contributed by atoms with Crippen molar-refractivity contribution in [2.45, 2.75) is 19.4 Å². The Labute approximate surface area is 110 Å². The topological polar surface area (TPSA) is 58.1 Å². The monoisotopic (exact) mass is 262 g/mol. The van der Waals surface area contributed by atoms with E-state index in [1.54, 1.807) is 32.2 Å². The molecule has 0 aliphatic rings. The Balaban J connectivity index is 2.24.